The first kappa shape index (κ1) is 19.3. The molecule has 7 nitrogen and oxygen atoms in total. The number of halogens is 2. The number of hydrogen-bond donors (Lipinski definition) is 1. The maximum absolute atomic E-state index is 13.4. The van der Waals surface area contributed by atoms with Crippen molar-refractivity contribution in [3.05, 3.63) is 61.1 Å². The van der Waals surface area contributed by atoms with Crippen LogP contribution < -0.4 is 4.90 Å². The molecule has 1 aliphatic rings. The van der Waals surface area contributed by atoms with Crippen molar-refractivity contribution < 1.29 is 13.6 Å². The summed E-state index contributed by atoms with van der Waals surface area (Å²) in [4.78, 5) is 21.9. The monoisotopic (exact) mass is 422 g/mol. The first-order chi connectivity index (χ1) is 15.0. The van der Waals surface area contributed by atoms with E-state index in [4.69, 9.17) is 0 Å². The SMILES string of the molecule is O=C(Cn1nnc2ccccc21)N(CC1CC(F)(F)C1)c1ccc(-c2c[nH]cn2)cc1. The van der Waals surface area contributed by atoms with Crippen molar-refractivity contribution >= 4 is 22.6 Å². The van der Waals surface area contributed by atoms with E-state index in [1.54, 1.807) is 17.4 Å². The fraction of sp³-hybridized carbons (Fsp3) is 0.273. The molecule has 1 fully saturated rings. The molecule has 0 aliphatic heterocycles. The van der Waals surface area contributed by atoms with Crippen molar-refractivity contribution in [3.8, 4) is 11.3 Å². The van der Waals surface area contributed by atoms with E-state index < -0.39 is 5.92 Å². The first-order valence-corrected chi connectivity index (χ1v) is 10.0. The molecule has 1 aliphatic carbocycles. The van der Waals surface area contributed by atoms with Gasteiger partial charge < -0.3 is 9.88 Å². The molecule has 9 heteroatoms. The number of carbonyl (C=O) groups is 1. The maximum atomic E-state index is 13.4. The summed E-state index contributed by atoms with van der Waals surface area (Å²) >= 11 is 0. The van der Waals surface area contributed by atoms with E-state index in [0.717, 1.165) is 16.8 Å². The number of imidazole rings is 1. The molecular formula is C22H20F2N6O. The van der Waals surface area contributed by atoms with Crippen molar-refractivity contribution in [3.63, 3.8) is 0 Å². The van der Waals surface area contributed by atoms with Gasteiger partial charge in [0.15, 0.2) is 0 Å². The number of aromatic amines is 1. The Labute approximate surface area is 176 Å². The van der Waals surface area contributed by atoms with E-state index in [1.807, 2.05) is 48.5 Å². The molecular weight excluding hydrogens is 402 g/mol. The number of rotatable bonds is 6. The number of hydrogen-bond acceptors (Lipinski definition) is 4. The van der Waals surface area contributed by atoms with Crippen LogP contribution in [-0.4, -0.2) is 43.3 Å². The molecule has 31 heavy (non-hydrogen) atoms. The van der Waals surface area contributed by atoms with Gasteiger partial charge in [-0.25, -0.2) is 18.4 Å². The van der Waals surface area contributed by atoms with Crippen molar-refractivity contribution in [2.45, 2.75) is 25.3 Å². The van der Waals surface area contributed by atoms with Gasteiger partial charge in [0.2, 0.25) is 11.8 Å². The Balaban J connectivity index is 1.40. The lowest BCUT2D eigenvalue weighted by Gasteiger charge is -2.38. The summed E-state index contributed by atoms with van der Waals surface area (Å²) in [6.45, 7) is 0.216. The van der Waals surface area contributed by atoms with Crippen LogP contribution in [0.3, 0.4) is 0 Å². The van der Waals surface area contributed by atoms with Crippen molar-refractivity contribution in [1.82, 2.24) is 25.0 Å². The van der Waals surface area contributed by atoms with Gasteiger partial charge in [0.25, 0.3) is 0 Å². The molecule has 158 valence electrons. The Kier molecular flexibility index (Phi) is 4.72. The number of aromatic nitrogens is 5. The van der Waals surface area contributed by atoms with E-state index in [9.17, 15) is 13.6 Å². The zero-order valence-electron chi connectivity index (χ0n) is 16.6. The van der Waals surface area contributed by atoms with Crippen molar-refractivity contribution in [1.29, 1.82) is 0 Å². The molecule has 0 bridgehead atoms. The topological polar surface area (TPSA) is 79.7 Å². The lowest BCUT2D eigenvalue weighted by molar-refractivity contribution is -0.123. The van der Waals surface area contributed by atoms with Gasteiger partial charge in [-0.05, 0) is 30.2 Å². The average Bonchev–Trinajstić information content (AvgIpc) is 3.41. The van der Waals surface area contributed by atoms with Gasteiger partial charge in [0.05, 0.1) is 17.5 Å². The molecule has 2 aromatic heterocycles. The van der Waals surface area contributed by atoms with E-state index in [1.165, 1.54) is 4.68 Å². The smallest absolute Gasteiger partial charge is 0.248 e. The number of H-pyrrole nitrogens is 1. The lowest BCUT2D eigenvalue weighted by atomic mass is 9.81. The Bertz CT molecular complexity index is 1190. The van der Waals surface area contributed by atoms with Gasteiger partial charge in [-0.15, -0.1) is 5.10 Å². The van der Waals surface area contributed by atoms with E-state index in [2.05, 4.69) is 20.3 Å². The molecule has 0 saturated heterocycles. The van der Waals surface area contributed by atoms with Crippen LogP contribution >= 0.6 is 0 Å². The molecule has 2 aromatic carbocycles. The highest BCUT2D eigenvalue weighted by molar-refractivity contribution is 5.94. The number of benzene rings is 2. The summed E-state index contributed by atoms with van der Waals surface area (Å²) in [7, 11) is 0. The number of alkyl halides is 2. The Morgan fingerprint density at radius 2 is 1.94 bits per heavy atom. The first-order valence-electron chi connectivity index (χ1n) is 10.0. The highest BCUT2D eigenvalue weighted by Crippen LogP contribution is 2.43. The van der Waals surface area contributed by atoms with Crippen LogP contribution in [0.5, 0.6) is 0 Å². The summed E-state index contributed by atoms with van der Waals surface area (Å²) in [5.74, 6) is -3.10. The number of fused-ring (bicyclic) bond motifs is 1. The minimum atomic E-state index is -2.63. The molecule has 2 heterocycles. The van der Waals surface area contributed by atoms with Crippen LogP contribution in [0, 0.1) is 5.92 Å². The third kappa shape index (κ3) is 3.90. The standard InChI is InChI=1S/C22H20F2N6O/c23-22(24)9-15(10-22)12-29(17-7-5-16(6-8-17)19-11-25-14-26-19)21(31)13-30-20-4-2-1-3-18(20)27-28-30/h1-8,11,14-15H,9-10,12-13H2,(H,25,26). The highest BCUT2D eigenvalue weighted by atomic mass is 19.3. The second kappa shape index (κ2) is 7.57. The number of para-hydroxylation sites is 1. The van der Waals surface area contributed by atoms with Crippen molar-refractivity contribution in [2.75, 3.05) is 11.4 Å². The van der Waals surface area contributed by atoms with Crippen LogP contribution in [0.2, 0.25) is 0 Å². The van der Waals surface area contributed by atoms with Crippen LogP contribution in [0.25, 0.3) is 22.3 Å². The molecule has 1 saturated carbocycles. The van der Waals surface area contributed by atoms with Gasteiger partial charge >= 0.3 is 0 Å². The minimum absolute atomic E-state index is 0.0231. The number of carbonyl (C=O) groups excluding carboxylic acids is 1. The van der Waals surface area contributed by atoms with E-state index in [-0.39, 0.29) is 37.8 Å². The largest absolute Gasteiger partial charge is 0.351 e. The number of anilines is 1. The lowest BCUT2D eigenvalue weighted by Crippen LogP contribution is -2.45. The summed E-state index contributed by atoms with van der Waals surface area (Å²) < 4.78 is 28.3. The average molecular weight is 422 g/mol. The predicted octanol–water partition coefficient (Wildman–Crippen LogP) is 3.90. The zero-order valence-corrected chi connectivity index (χ0v) is 16.6. The molecule has 1 amide bonds. The van der Waals surface area contributed by atoms with Crippen LogP contribution in [0.15, 0.2) is 61.1 Å². The van der Waals surface area contributed by atoms with E-state index >= 15 is 0 Å². The maximum Gasteiger partial charge on any atom is 0.248 e. The molecule has 0 radical (unpaired) electrons. The fourth-order valence-corrected chi connectivity index (χ4v) is 4.00. The normalized spacial score (nSPS) is 15.7. The van der Waals surface area contributed by atoms with Gasteiger partial charge in [0.1, 0.15) is 12.1 Å². The number of nitrogens with one attached hydrogen (secondary N) is 1. The van der Waals surface area contributed by atoms with E-state index in [0.29, 0.717) is 11.2 Å². The zero-order chi connectivity index (χ0) is 21.4. The van der Waals surface area contributed by atoms with Gasteiger partial charge in [-0.1, -0.05) is 29.5 Å². The molecule has 4 aromatic rings. The Hall–Kier alpha value is -3.62. The van der Waals surface area contributed by atoms with Crippen LogP contribution in [0.4, 0.5) is 14.5 Å². The highest BCUT2D eigenvalue weighted by Gasteiger charge is 2.46. The summed E-state index contributed by atoms with van der Waals surface area (Å²) in [6.07, 6.45) is 2.98. The summed E-state index contributed by atoms with van der Waals surface area (Å²) in [6, 6.07) is 14.7. The quantitative estimate of drug-likeness (QED) is 0.511. The third-order valence-electron chi connectivity index (χ3n) is 5.59. The molecule has 1 N–H and O–H groups in total. The second-order valence-electron chi connectivity index (χ2n) is 7.87. The predicted molar refractivity (Wildman–Crippen MR) is 112 cm³/mol. The Morgan fingerprint density at radius 1 is 1.16 bits per heavy atom. The molecule has 0 unspecified atom stereocenters. The van der Waals surface area contributed by atoms with Gasteiger partial charge in [-0.3, -0.25) is 4.79 Å². The van der Waals surface area contributed by atoms with Crippen LogP contribution in [-0.2, 0) is 11.3 Å². The summed E-state index contributed by atoms with van der Waals surface area (Å²) in [5, 5.41) is 8.17. The number of nitrogens with zero attached hydrogens (tertiary/aromatic N) is 5. The van der Waals surface area contributed by atoms with Gasteiger partial charge in [0, 0.05) is 36.8 Å². The fourth-order valence-electron chi connectivity index (χ4n) is 4.00. The molecule has 0 atom stereocenters. The second-order valence-corrected chi connectivity index (χ2v) is 7.87. The Morgan fingerprint density at radius 3 is 2.65 bits per heavy atom. The molecule has 0 spiro atoms. The van der Waals surface area contributed by atoms with Crippen molar-refractivity contribution in [2.24, 2.45) is 5.92 Å². The van der Waals surface area contributed by atoms with Crippen LogP contribution in [0.1, 0.15) is 12.8 Å². The third-order valence-corrected chi connectivity index (χ3v) is 5.59. The summed E-state index contributed by atoms with van der Waals surface area (Å²) in [5.41, 5.74) is 3.79. The number of amides is 1. The van der Waals surface area contributed by atoms with Gasteiger partial charge in [-0.2, -0.15) is 0 Å². The minimum Gasteiger partial charge on any atom is -0.351 e. The molecule has 5 rings (SSSR count).